The number of fused-ring (bicyclic) bond motifs is 1. The number of nitrogens with two attached hydrogens (primary N) is 1. The number of aromatic nitrogens is 2. The molecule has 0 aliphatic carbocycles. The third kappa shape index (κ3) is 2.14. The van der Waals surface area contributed by atoms with Crippen molar-refractivity contribution in [3.8, 4) is 0 Å². The van der Waals surface area contributed by atoms with Gasteiger partial charge in [-0.25, -0.2) is 4.98 Å². The van der Waals surface area contributed by atoms with Crippen molar-refractivity contribution in [3.05, 3.63) is 34.5 Å². The Morgan fingerprint density at radius 3 is 2.80 bits per heavy atom. The van der Waals surface area contributed by atoms with Crippen LogP contribution in [0, 0.1) is 13.8 Å². The van der Waals surface area contributed by atoms with Crippen LogP contribution in [0.3, 0.4) is 0 Å². The van der Waals surface area contributed by atoms with Crippen LogP contribution in [-0.4, -0.2) is 15.3 Å². The molecule has 7 heteroatoms. The van der Waals surface area contributed by atoms with E-state index in [1.54, 1.807) is 6.92 Å². The number of carbonyl (C=O) groups excluding carboxylic acids is 1. The van der Waals surface area contributed by atoms with Gasteiger partial charge >= 0.3 is 0 Å². The third-order valence-electron chi connectivity index (χ3n) is 2.91. The molecule has 1 aromatic carbocycles. The number of carbonyl (C=O) groups is 1. The van der Waals surface area contributed by atoms with Crippen LogP contribution in [-0.2, 0) is 0 Å². The maximum atomic E-state index is 12.3. The number of thiophene rings is 1. The second-order valence-corrected chi connectivity index (χ2v) is 6.17. The average Bonchev–Trinajstić information content (AvgIpc) is 2.95. The number of nitrogen functional groups attached to an aromatic ring is 1. The first-order valence-electron chi connectivity index (χ1n) is 5.95. The van der Waals surface area contributed by atoms with E-state index < -0.39 is 0 Å². The van der Waals surface area contributed by atoms with Crippen molar-refractivity contribution in [2.24, 2.45) is 0 Å². The fourth-order valence-electron chi connectivity index (χ4n) is 1.95. The molecule has 0 unspecified atom stereocenters. The van der Waals surface area contributed by atoms with E-state index in [2.05, 4.69) is 14.7 Å². The maximum Gasteiger partial charge on any atom is 0.269 e. The highest BCUT2D eigenvalue weighted by Crippen LogP contribution is 2.35. The summed E-state index contributed by atoms with van der Waals surface area (Å²) in [5, 5.41) is 4.15. The largest absolute Gasteiger partial charge is 0.397 e. The van der Waals surface area contributed by atoms with Crippen LogP contribution in [0.5, 0.6) is 0 Å². The van der Waals surface area contributed by atoms with Crippen LogP contribution >= 0.6 is 22.9 Å². The lowest BCUT2D eigenvalue weighted by Gasteiger charge is -1.99. The minimum absolute atomic E-state index is 0.237. The monoisotopic (exact) mass is 304 g/mol. The Labute approximate surface area is 123 Å². The van der Waals surface area contributed by atoms with Crippen LogP contribution in [0.15, 0.2) is 18.2 Å². The molecule has 2 aromatic heterocycles. The molecule has 0 atom stereocenters. The van der Waals surface area contributed by atoms with Crippen molar-refractivity contribution in [1.82, 2.24) is 9.36 Å². The lowest BCUT2D eigenvalue weighted by atomic mass is 10.1. The summed E-state index contributed by atoms with van der Waals surface area (Å²) in [6.45, 7) is 3.79. The summed E-state index contributed by atoms with van der Waals surface area (Å²) in [7, 11) is 0. The Kier molecular flexibility index (Phi) is 3.15. The van der Waals surface area contributed by atoms with E-state index >= 15 is 0 Å². The number of hydrogen-bond acceptors (Lipinski definition) is 6. The van der Waals surface area contributed by atoms with Gasteiger partial charge in [0.15, 0.2) is 0 Å². The fraction of sp³-hybridized carbons (Fsp3) is 0.154. The van der Waals surface area contributed by atoms with Gasteiger partial charge in [-0.05, 0) is 19.4 Å². The van der Waals surface area contributed by atoms with Crippen molar-refractivity contribution in [2.45, 2.75) is 13.8 Å². The van der Waals surface area contributed by atoms with Gasteiger partial charge in [-0.1, -0.05) is 18.2 Å². The van der Waals surface area contributed by atoms with E-state index in [4.69, 9.17) is 5.73 Å². The average molecular weight is 304 g/mol. The SMILES string of the molecule is Cc1nsc(NC(=O)c2sc3c(C)cccc3c2N)n1. The summed E-state index contributed by atoms with van der Waals surface area (Å²) in [6.07, 6.45) is 0. The topological polar surface area (TPSA) is 80.9 Å². The molecular formula is C13H12N4OS2. The number of hydrogen-bond donors (Lipinski definition) is 2. The van der Waals surface area contributed by atoms with Gasteiger partial charge in [0.1, 0.15) is 10.7 Å². The molecule has 0 aliphatic rings. The number of nitrogens with zero attached hydrogens (tertiary/aromatic N) is 2. The second kappa shape index (κ2) is 4.84. The normalized spacial score (nSPS) is 10.9. The number of benzene rings is 1. The third-order valence-corrected chi connectivity index (χ3v) is 4.98. The Morgan fingerprint density at radius 1 is 1.35 bits per heavy atom. The van der Waals surface area contributed by atoms with Gasteiger partial charge in [0.2, 0.25) is 5.13 Å². The summed E-state index contributed by atoms with van der Waals surface area (Å²) in [5.41, 5.74) is 7.72. The molecule has 0 radical (unpaired) electrons. The zero-order valence-corrected chi connectivity index (χ0v) is 12.6. The smallest absolute Gasteiger partial charge is 0.269 e. The van der Waals surface area contributed by atoms with Crippen LogP contribution in [0.4, 0.5) is 10.8 Å². The number of nitrogens with one attached hydrogen (secondary N) is 1. The zero-order valence-electron chi connectivity index (χ0n) is 10.9. The summed E-state index contributed by atoms with van der Waals surface area (Å²) < 4.78 is 5.08. The Balaban J connectivity index is 1.99. The predicted octanol–water partition coefficient (Wildman–Crippen LogP) is 3.20. The number of anilines is 2. The highest BCUT2D eigenvalue weighted by molar-refractivity contribution is 7.22. The van der Waals surface area contributed by atoms with Crippen molar-refractivity contribution >= 4 is 49.7 Å². The van der Waals surface area contributed by atoms with E-state index in [1.807, 2.05) is 25.1 Å². The standard InChI is InChI=1S/C13H12N4OS2/c1-6-4-3-5-8-9(14)11(19-10(6)8)12(18)16-13-15-7(2)17-20-13/h3-5H,14H2,1-2H3,(H,15,16,17,18). The molecule has 102 valence electrons. The number of amides is 1. The van der Waals surface area contributed by atoms with Crippen LogP contribution in [0.25, 0.3) is 10.1 Å². The van der Waals surface area contributed by atoms with Crippen LogP contribution < -0.4 is 11.1 Å². The quantitative estimate of drug-likeness (QED) is 0.762. The molecule has 0 fully saturated rings. The molecule has 20 heavy (non-hydrogen) atoms. The van der Waals surface area contributed by atoms with Crippen LogP contribution in [0.2, 0.25) is 0 Å². The Bertz CT molecular complexity index is 806. The fourth-order valence-corrected chi connectivity index (χ4v) is 3.61. The lowest BCUT2D eigenvalue weighted by molar-refractivity contribution is 0.103. The molecule has 2 heterocycles. The molecule has 0 spiro atoms. The van der Waals surface area contributed by atoms with E-state index in [0.717, 1.165) is 27.2 Å². The predicted molar refractivity (Wildman–Crippen MR) is 83.6 cm³/mol. The van der Waals surface area contributed by atoms with E-state index in [9.17, 15) is 4.79 Å². The Morgan fingerprint density at radius 2 is 2.15 bits per heavy atom. The van der Waals surface area contributed by atoms with Crippen LogP contribution in [0.1, 0.15) is 21.1 Å². The van der Waals surface area contributed by atoms with Gasteiger partial charge in [-0.15, -0.1) is 11.3 Å². The molecule has 3 N–H and O–H groups in total. The van der Waals surface area contributed by atoms with Gasteiger partial charge in [-0.2, -0.15) is 4.37 Å². The Hall–Kier alpha value is -1.99. The lowest BCUT2D eigenvalue weighted by Crippen LogP contribution is -2.11. The second-order valence-electron chi connectivity index (χ2n) is 4.40. The highest BCUT2D eigenvalue weighted by Gasteiger charge is 2.18. The van der Waals surface area contributed by atoms with E-state index in [1.165, 1.54) is 11.3 Å². The van der Waals surface area contributed by atoms with Gasteiger partial charge < -0.3 is 5.73 Å². The first kappa shape index (κ1) is 13.0. The van der Waals surface area contributed by atoms with Gasteiger partial charge in [-0.3, -0.25) is 10.1 Å². The van der Waals surface area contributed by atoms with Crippen molar-refractivity contribution in [3.63, 3.8) is 0 Å². The van der Waals surface area contributed by atoms with E-state index in [0.29, 0.717) is 21.5 Å². The van der Waals surface area contributed by atoms with Crippen molar-refractivity contribution in [2.75, 3.05) is 11.1 Å². The molecular weight excluding hydrogens is 292 g/mol. The first-order chi connectivity index (χ1) is 9.56. The summed E-state index contributed by atoms with van der Waals surface area (Å²) >= 11 is 2.56. The number of aryl methyl sites for hydroxylation is 2. The molecule has 0 saturated heterocycles. The maximum absolute atomic E-state index is 12.3. The minimum atomic E-state index is -0.237. The molecule has 5 nitrogen and oxygen atoms in total. The van der Waals surface area contributed by atoms with Gasteiger partial charge in [0.25, 0.3) is 5.91 Å². The molecule has 0 aliphatic heterocycles. The zero-order chi connectivity index (χ0) is 14.3. The molecule has 0 bridgehead atoms. The molecule has 3 rings (SSSR count). The van der Waals surface area contributed by atoms with Gasteiger partial charge in [0, 0.05) is 21.6 Å². The first-order valence-corrected chi connectivity index (χ1v) is 7.54. The summed E-state index contributed by atoms with van der Waals surface area (Å²) in [5.74, 6) is 0.407. The number of rotatable bonds is 2. The van der Waals surface area contributed by atoms with Crippen molar-refractivity contribution in [1.29, 1.82) is 0 Å². The van der Waals surface area contributed by atoms with Crippen molar-refractivity contribution < 1.29 is 4.79 Å². The molecule has 3 aromatic rings. The minimum Gasteiger partial charge on any atom is -0.397 e. The highest BCUT2D eigenvalue weighted by atomic mass is 32.1. The molecule has 1 amide bonds. The van der Waals surface area contributed by atoms with Gasteiger partial charge in [0.05, 0.1) is 5.69 Å². The van der Waals surface area contributed by atoms with E-state index in [-0.39, 0.29) is 5.91 Å². The summed E-state index contributed by atoms with van der Waals surface area (Å²) in [4.78, 5) is 16.9. The summed E-state index contributed by atoms with van der Waals surface area (Å²) in [6, 6.07) is 5.88. The molecule has 0 saturated carbocycles.